The highest BCUT2D eigenvalue weighted by Gasteiger charge is 2.24. The molecule has 0 saturated carbocycles. The van der Waals surface area contributed by atoms with Gasteiger partial charge in [0.05, 0.1) is 6.42 Å². The monoisotopic (exact) mass is 248 g/mol. The van der Waals surface area contributed by atoms with E-state index in [2.05, 4.69) is 5.32 Å². The normalized spacial score (nSPS) is 18.8. The van der Waals surface area contributed by atoms with Gasteiger partial charge in [0.1, 0.15) is 5.75 Å². The highest BCUT2D eigenvalue weighted by Crippen LogP contribution is 2.14. The molecule has 1 amide bonds. The van der Waals surface area contributed by atoms with Crippen molar-refractivity contribution in [2.24, 2.45) is 0 Å². The molecule has 18 heavy (non-hydrogen) atoms. The van der Waals surface area contributed by atoms with Crippen LogP contribution in [0.5, 0.6) is 5.75 Å². The first-order valence-corrected chi connectivity index (χ1v) is 6.48. The number of phenolic OH excluding ortho intramolecular Hbond substituents is 1. The van der Waals surface area contributed by atoms with E-state index in [1.165, 1.54) is 0 Å². The largest absolute Gasteiger partial charge is 0.508 e. The van der Waals surface area contributed by atoms with Crippen LogP contribution in [-0.2, 0) is 11.2 Å². The fourth-order valence-electron chi connectivity index (χ4n) is 2.49. The van der Waals surface area contributed by atoms with E-state index in [0.717, 1.165) is 31.6 Å². The third-order valence-electron chi connectivity index (χ3n) is 3.40. The number of likely N-dealkylation sites (N-methyl/N-ethyl adjacent to an activating group) is 1. The Balaban J connectivity index is 2.01. The molecule has 1 aliphatic rings. The summed E-state index contributed by atoms with van der Waals surface area (Å²) in [5.74, 6) is 0.350. The second-order valence-corrected chi connectivity index (χ2v) is 4.67. The minimum atomic E-state index is 0.136. The van der Waals surface area contributed by atoms with Gasteiger partial charge < -0.3 is 15.3 Å². The second-order valence-electron chi connectivity index (χ2n) is 4.67. The van der Waals surface area contributed by atoms with Gasteiger partial charge in [-0.05, 0) is 37.6 Å². The number of rotatable bonds is 4. The number of hydrogen-bond donors (Lipinski definition) is 2. The Kier molecular flexibility index (Phi) is 4.20. The molecular formula is C14H20N2O2. The summed E-state index contributed by atoms with van der Waals surface area (Å²) in [4.78, 5) is 14.2. The summed E-state index contributed by atoms with van der Waals surface area (Å²) in [6.07, 6.45) is 1.39. The van der Waals surface area contributed by atoms with Crippen molar-refractivity contribution in [3.05, 3.63) is 29.8 Å². The lowest BCUT2D eigenvalue weighted by Gasteiger charge is -2.27. The van der Waals surface area contributed by atoms with Gasteiger partial charge in [-0.15, -0.1) is 0 Å². The van der Waals surface area contributed by atoms with Crippen LogP contribution in [0, 0.1) is 0 Å². The molecule has 1 atom stereocenters. The topological polar surface area (TPSA) is 52.6 Å². The fourth-order valence-corrected chi connectivity index (χ4v) is 2.49. The first-order valence-electron chi connectivity index (χ1n) is 6.48. The minimum Gasteiger partial charge on any atom is -0.508 e. The maximum Gasteiger partial charge on any atom is 0.227 e. The number of nitrogens with one attached hydrogen (secondary N) is 1. The van der Waals surface area contributed by atoms with Gasteiger partial charge in [0, 0.05) is 19.1 Å². The lowest BCUT2D eigenvalue weighted by molar-refractivity contribution is -0.132. The lowest BCUT2D eigenvalue weighted by atomic mass is 10.1. The van der Waals surface area contributed by atoms with Crippen molar-refractivity contribution in [2.75, 3.05) is 19.6 Å². The summed E-state index contributed by atoms with van der Waals surface area (Å²) < 4.78 is 0. The number of carbonyl (C=O) groups is 1. The molecule has 1 aromatic rings. The minimum absolute atomic E-state index is 0.136. The Hall–Kier alpha value is -1.55. The number of amides is 1. The molecule has 0 aliphatic carbocycles. The van der Waals surface area contributed by atoms with Crippen LogP contribution >= 0.6 is 0 Å². The van der Waals surface area contributed by atoms with Gasteiger partial charge in [0.15, 0.2) is 0 Å². The van der Waals surface area contributed by atoms with E-state index in [4.69, 9.17) is 0 Å². The van der Waals surface area contributed by atoms with Crippen molar-refractivity contribution in [1.29, 1.82) is 0 Å². The third kappa shape index (κ3) is 3.01. The Morgan fingerprint density at radius 3 is 3.00 bits per heavy atom. The maximum absolute atomic E-state index is 12.3. The molecule has 1 unspecified atom stereocenters. The predicted molar refractivity (Wildman–Crippen MR) is 70.5 cm³/mol. The molecule has 2 rings (SSSR count). The molecular weight excluding hydrogens is 228 g/mol. The zero-order valence-electron chi connectivity index (χ0n) is 10.7. The number of hydrogen-bond acceptors (Lipinski definition) is 3. The maximum atomic E-state index is 12.3. The van der Waals surface area contributed by atoms with Crippen LogP contribution in [0.2, 0.25) is 0 Å². The highest BCUT2D eigenvalue weighted by molar-refractivity contribution is 5.79. The van der Waals surface area contributed by atoms with E-state index < -0.39 is 0 Å². The average Bonchev–Trinajstić information content (AvgIpc) is 2.83. The molecule has 98 valence electrons. The number of aromatic hydroxyl groups is 1. The number of nitrogens with zero attached hydrogens (tertiary/aromatic N) is 1. The first kappa shape index (κ1) is 12.9. The van der Waals surface area contributed by atoms with Crippen molar-refractivity contribution in [2.45, 2.75) is 25.8 Å². The Morgan fingerprint density at radius 1 is 1.56 bits per heavy atom. The van der Waals surface area contributed by atoms with E-state index >= 15 is 0 Å². The van der Waals surface area contributed by atoms with E-state index in [1.807, 2.05) is 17.9 Å². The molecule has 1 fully saturated rings. The van der Waals surface area contributed by atoms with Crippen LogP contribution in [0.15, 0.2) is 24.3 Å². The third-order valence-corrected chi connectivity index (χ3v) is 3.40. The van der Waals surface area contributed by atoms with Crippen LogP contribution in [0.1, 0.15) is 18.9 Å². The first-order chi connectivity index (χ1) is 8.70. The van der Waals surface area contributed by atoms with Gasteiger partial charge in [0.25, 0.3) is 0 Å². The van der Waals surface area contributed by atoms with Gasteiger partial charge in [-0.3, -0.25) is 4.79 Å². The summed E-state index contributed by atoms with van der Waals surface area (Å²) in [7, 11) is 0. The molecule has 1 saturated heterocycles. The Morgan fingerprint density at radius 2 is 2.39 bits per heavy atom. The highest BCUT2D eigenvalue weighted by atomic mass is 16.3. The summed E-state index contributed by atoms with van der Waals surface area (Å²) in [6.45, 7) is 4.63. The summed E-state index contributed by atoms with van der Waals surface area (Å²) in [5, 5.41) is 12.7. The lowest BCUT2D eigenvalue weighted by Crippen LogP contribution is -2.42. The van der Waals surface area contributed by atoms with Crippen LogP contribution in [0.4, 0.5) is 0 Å². The average molecular weight is 248 g/mol. The number of phenols is 1. The van der Waals surface area contributed by atoms with E-state index in [9.17, 15) is 9.90 Å². The SMILES string of the molecule is CCN(C(=O)Cc1cccc(O)c1)C1CCNC1. The molecule has 0 aromatic heterocycles. The molecule has 0 spiro atoms. The van der Waals surface area contributed by atoms with Gasteiger partial charge in [-0.25, -0.2) is 0 Å². The van der Waals surface area contributed by atoms with Crippen molar-refractivity contribution in [3.63, 3.8) is 0 Å². The van der Waals surface area contributed by atoms with Gasteiger partial charge in [-0.1, -0.05) is 12.1 Å². The van der Waals surface area contributed by atoms with Gasteiger partial charge in [0.2, 0.25) is 5.91 Å². The Bertz CT molecular complexity index is 414. The number of carbonyl (C=O) groups excluding carboxylic acids is 1. The van der Waals surface area contributed by atoms with Crippen LogP contribution < -0.4 is 5.32 Å². The van der Waals surface area contributed by atoms with Gasteiger partial charge in [-0.2, -0.15) is 0 Å². The molecule has 2 N–H and O–H groups in total. The van der Waals surface area contributed by atoms with Crippen LogP contribution in [0.3, 0.4) is 0 Å². The van der Waals surface area contributed by atoms with Crippen molar-refractivity contribution < 1.29 is 9.90 Å². The van der Waals surface area contributed by atoms with E-state index in [-0.39, 0.29) is 11.7 Å². The van der Waals surface area contributed by atoms with Crippen LogP contribution in [0.25, 0.3) is 0 Å². The molecule has 1 aromatic carbocycles. The zero-order valence-corrected chi connectivity index (χ0v) is 10.7. The van der Waals surface area contributed by atoms with E-state index in [1.54, 1.807) is 18.2 Å². The van der Waals surface area contributed by atoms with Crippen molar-refractivity contribution in [3.8, 4) is 5.75 Å². The van der Waals surface area contributed by atoms with Crippen molar-refractivity contribution in [1.82, 2.24) is 10.2 Å². The van der Waals surface area contributed by atoms with Gasteiger partial charge >= 0.3 is 0 Å². The smallest absolute Gasteiger partial charge is 0.227 e. The molecule has 0 bridgehead atoms. The standard InChI is InChI=1S/C14H20N2O2/c1-2-16(12-6-7-15-10-12)14(18)9-11-4-3-5-13(17)8-11/h3-5,8,12,15,17H,2,6-7,9-10H2,1H3. The predicted octanol–water partition coefficient (Wildman–Crippen LogP) is 1.15. The molecule has 1 aliphatic heterocycles. The molecule has 0 radical (unpaired) electrons. The second kappa shape index (κ2) is 5.87. The number of benzene rings is 1. The molecule has 1 heterocycles. The fraction of sp³-hybridized carbons (Fsp3) is 0.500. The summed E-state index contributed by atoms with van der Waals surface area (Å²) >= 11 is 0. The molecule has 4 nitrogen and oxygen atoms in total. The van der Waals surface area contributed by atoms with Crippen molar-refractivity contribution >= 4 is 5.91 Å². The van der Waals surface area contributed by atoms with Crippen LogP contribution in [-0.4, -0.2) is 41.6 Å². The quantitative estimate of drug-likeness (QED) is 0.840. The Labute approximate surface area is 108 Å². The van der Waals surface area contributed by atoms with E-state index in [0.29, 0.717) is 12.5 Å². The molecule has 4 heteroatoms. The summed E-state index contributed by atoms with van der Waals surface area (Å²) in [6, 6.07) is 7.23. The zero-order chi connectivity index (χ0) is 13.0. The summed E-state index contributed by atoms with van der Waals surface area (Å²) in [5.41, 5.74) is 0.865.